The van der Waals surface area contributed by atoms with E-state index >= 15 is 0 Å². The Morgan fingerprint density at radius 2 is 1.98 bits per heavy atom. The number of nitrogens with one attached hydrogen (secondary N) is 1. The molecule has 3 N–H and O–H groups in total. The van der Waals surface area contributed by atoms with E-state index in [0.717, 1.165) is 99.2 Å². The zero-order chi connectivity index (χ0) is 29.8. The van der Waals surface area contributed by atoms with Gasteiger partial charge in [0.25, 0.3) is 0 Å². The van der Waals surface area contributed by atoms with E-state index < -0.39 is 0 Å². The van der Waals surface area contributed by atoms with Crippen LogP contribution < -0.4 is 11.1 Å². The van der Waals surface area contributed by atoms with Crippen molar-refractivity contribution in [1.29, 1.82) is 0 Å². The van der Waals surface area contributed by atoms with Gasteiger partial charge in [0, 0.05) is 43.5 Å². The van der Waals surface area contributed by atoms with E-state index in [2.05, 4.69) is 53.4 Å². The maximum Gasteiger partial charge on any atom is 0.176 e. The number of unbranched alkanes of at least 4 members (excludes halogenated alkanes) is 1. The molecule has 2 aliphatic heterocycles. The fourth-order valence-electron chi connectivity index (χ4n) is 6.54. The van der Waals surface area contributed by atoms with Gasteiger partial charge in [0.1, 0.15) is 22.9 Å². The molecule has 0 spiro atoms. The number of nitrogens with zero attached hydrogens (tertiary/aromatic N) is 4. The summed E-state index contributed by atoms with van der Waals surface area (Å²) < 4.78 is 14.7. The second kappa shape index (κ2) is 13.3. The number of ether oxygens (including phenoxy) is 1. The maximum atomic E-state index is 6.41. The Labute approximate surface area is 255 Å². The largest absolute Gasteiger partial charge is 0.452 e. The molecule has 0 radical (unpaired) electrons. The van der Waals surface area contributed by atoms with Gasteiger partial charge < -0.3 is 29.7 Å². The summed E-state index contributed by atoms with van der Waals surface area (Å²) in [6, 6.07) is 15.3. The smallest absolute Gasteiger partial charge is 0.176 e. The summed E-state index contributed by atoms with van der Waals surface area (Å²) in [6.07, 6.45) is 7.03. The highest BCUT2D eigenvalue weighted by atomic mass is 16.5. The number of nitrogens with two attached hydrogens (primary N) is 1. The van der Waals surface area contributed by atoms with Gasteiger partial charge in [0.15, 0.2) is 5.76 Å². The number of hydrogen-bond donors (Lipinski definition) is 2. The zero-order valence-corrected chi connectivity index (χ0v) is 25.8. The second-order valence-corrected chi connectivity index (χ2v) is 12.0. The number of amidine groups is 1. The summed E-state index contributed by atoms with van der Waals surface area (Å²) in [7, 11) is 0. The molecule has 0 saturated carbocycles. The van der Waals surface area contributed by atoms with Crippen LogP contribution in [0.4, 0.5) is 5.69 Å². The molecule has 2 aromatic carbocycles. The van der Waals surface area contributed by atoms with E-state index in [-0.39, 0.29) is 0 Å². The lowest BCUT2D eigenvalue weighted by molar-refractivity contribution is 0.138. The van der Waals surface area contributed by atoms with Crippen molar-refractivity contribution in [1.82, 2.24) is 19.8 Å². The average molecular weight is 583 g/mol. The fraction of sp³-hybridized carbons (Fsp3) is 0.486. The lowest BCUT2D eigenvalue weighted by atomic mass is 10.0. The normalized spacial score (nSPS) is 18.3. The standard InChI is InChI=1S/C35H46N6O2/c1-4-6-20-42-21-16-32(36)39-33-28-9-7-8-10-31(28)43-34(33)24(3)40-19-15-26(23-40)35-38-29-22-25(5-2)11-12-30(29)41(35)27-13-17-37-18-14-27/h7-12,22,26-27,37H,3-6,13-21,23H2,1-2H3,(H2,36,39). The quantitative estimate of drug-likeness (QED) is 0.107. The highest BCUT2D eigenvalue weighted by molar-refractivity contribution is 5.98. The first kappa shape index (κ1) is 29.5. The van der Waals surface area contributed by atoms with E-state index in [0.29, 0.717) is 36.6 Å². The first-order valence-corrected chi connectivity index (χ1v) is 16.1. The third-order valence-corrected chi connectivity index (χ3v) is 9.03. The summed E-state index contributed by atoms with van der Waals surface area (Å²) in [5.74, 6) is 2.75. The molecule has 6 rings (SSSR count). The van der Waals surface area contributed by atoms with Gasteiger partial charge in [-0.25, -0.2) is 9.98 Å². The van der Waals surface area contributed by atoms with E-state index in [1.165, 1.54) is 16.9 Å². The van der Waals surface area contributed by atoms with Crippen molar-refractivity contribution in [2.75, 3.05) is 39.4 Å². The molecule has 2 fully saturated rings. The fourth-order valence-corrected chi connectivity index (χ4v) is 6.54. The van der Waals surface area contributed by atoms with Crippen LogP contribution in [0, 0.1) is 0 Å². The molecular weight excluding hydrogens is 536 g/mol. The van der Waals surface area contributed by atoms with Crippen LogP contribution in [0.25, 0.3) is 27.7 Å². The van der Waals surface area contributed by atoms with E-state index in [1.54, 1.807) is 0 Å². The van der Waals surface area contributed by atoms with Crippen molar-refractivity contribution < 1.29 is 9.15 Å². The van der Waals surface area contributed by atoms with Crippen molar-refractivity contribution in [3.05, 3.63) is 66.2 Å². The topological polar surface area (TPSA) is 93.8 Å². The van der Waals surface area contributed by atoms with Gasteiger partial charge in [-0.15, -0.1) is 0 Å². The average Bonchev–Trinajstić information content (AvgIpc) is 3.76. The molecule has 2 aliphatic rings. The van der Waals surface area contributed by atoms with Crippen LogP contribution >= 0.6 is 0 Å². The van der Waals surface area contributed by atoms with Crippen LogP contribution in [0.1, 0.15) is 81.5 Å². The van der Waals surface area contributed by atoms with Crippen molar-refractivity contribution in [2.24, 2.45) is 10.7 Å². The van der Waals surface area contributed by atoms with Gasteiger partial charge >= 0.3 is 0 Å². The van der Waals surface area contributed by atoms with Crippen LogP contribution in [0.15, 0.2) is 58.5 Å². The molecular formula is C35H46N6O2. The zero-order valence-electron chi connectivity index (χ0n) is 25.8. The SMILES string of the molecule is C=C(c1oc2ccccc2c1N=C(N)CCOCCCC)N1CCC(c2nc3cc(CC)ccc3n2C2CCNCC2)C1. The Kier molecular flexibility index (Phi) is 9.14. The molecule has 43 heavy (non-hydrogen) atoms. The number of aryl methyl sites for hydroxylation is 1. The number of aromatic nitrogens is 2. The Balaban J connectivity index is 1.26. The molecule has 4 heterocycles. The summed E-state index contributed by atoms with van der Waals surface area (Å²) in [4.78, 5) is 12.5. The third-order valence-electron chi connectivity index (χ3n) is 9.03. The molecule has 4 aromatic rings. The minimum absolute atomic E-state index is 0.311. The highest BCUT2D eigenvalue weighted by Crippen LogP contribution is 2.41. The predicted molar refractivity (Wildman–Crippen MR) is 176 cm³/mol. The number of imidazole rings is 1. The Morgan fingerprint density at radius 3 is 2.79 bits per heavy atom. The number of rotatable bonds is 12. The van der Waals surface area contributed by atoms with Crippen molar-refractivity contribution in [3.8, 4) is 0 Å². The molecule has 2 saturated heterocycles. The lowest BCUT2D eigenvalue weighted by Gasteiger charge is -2.28. The number of furan rings is 1. The number of likely N-dealkylation sites (tertiary alicyclic amines) is 1. The van der Waals surface area contributed by atoms with Gasteiger partial charge in [-0.3, -0.25) is 0 Å². The van der Waals surface area contributed by atoms with Crippen LogP contribution in [0.3, 0.4) is 0 Å². The molecule has 0 bridgehead atoms. The summed E-state index contributed by atoms with van der Waals surface area (Å²) in [6.45, 7) is 14.0. The van der Waals surface area contributed by atoms with Crippen molar-refractivity contribution in [2.45, 2.75) is 70.8 Å². The van der Waals surface area contributed by atoms with E-state index in [1.807, 2.05) is 24.3 Å². The van der Waals surface area contributed by atoms with Crippen LogP contribution in [0.2, 0.25) is 0 Å². The molecule has 2 aromatic heterocycles. The van der Waals surface area contributed by atoms with E-state index in [9.17, 15) is 0 Å². The van der Waals surface area contributed by atoms with Gasteiger partial charge in [0.05, 0.1) is 23.3 Å². The number of para-hydroxylation sites is 1. The monoisotopic (exact) mass is 582 g/mol. The third kappa shape index (κ3) is 6.22. The van der Waals surface area contributed by atoms with Crippen molar-refractivity contribution >= 4 is 39.2 Å². The summed E-state index contributed by atoms with van der Waals surface area (Å²) in [5, 5.41) is 4.48. The minimum Gasteiger partial charge on any atom is -0.452 e. The highest BCUT2D eigenvalue weighted by Gasteiger charge is 2.33. The van der Waals surface area contributed by atoms with E-state index in [4.69, 9.17) is 24.9 Å². The molecule has 1 unspecified atom stereocenters. The number of fused-ring (bicyclic) bond motifs is 2. The number of aliphatic imine (C=N–C) groups is 1. The molecule has 228 valence electrons. The first-order valence-electron chi connectivity index (χ1n) is 16.1. The second-order valence-electron chi connectivity index (χ2n) is 12.0. The number of hydrogen-bond acceptors (Lipinski definition) is 6. The van der Waals surface area contributed by atoms with Gasteiger partial charge in [-0.1, -0.05) is 45.0 Å². The van der Waals surface area contributed by atoms with Crippen LogP contribution in [-0.2, 0) is 11.2 Å². The number of benzene rings is 2. The molecule has 8 nitrogen and oxygen atoms in total. The maximum absolute atomic E-state index is 6.41. The first-order chi connectivity index (χ1) is 21.1. The van der Waals surface area contributed by atoms with Crippen molar-refractivity contribution in [3.63, 3.8) is 0 Å². The number of piperidine rings is 1. The van der Waals surface area contributed by atoms with Gasteiger partial charge in [0.2, 0.25) is 0 Å². The van der Waals surface area contributed by atoms with Gasteiger partial charge in [-0.2, -0.15) is 0 Å². The van der Waals surface area contributed by atoms with Gasteiger partial charge in [-0.05, 0) is 75.0 Å². The molecule has 0 amide bonds. The van der Waals surface area contributed by atoms with Crippen LogP contribution in [0.5, 0.6) is 0 Å². The summed E-state index contributed by atoms with van der Waals surface area (Å²) in [5.41, 5.74) is 12.5. The minimum atomic E-state index is 0.311. The molecule has 1 atom stereocenters. The Morgan fingerprint density at radius 1 is 1.14 bits per heavy atom. The molecule has 8 heteroatoms. The Hall–Kier alpha value is -3.62. The Bertz CT molecular complexity index is 1590. The summed E-state index contributed by atoms with van der Waals surface area (Å²) >= 11 is 0. The predicted octanol–water partition coefficient (Wildman–Crippen LogP) is 6.93. The van der Waals surface area contributed by atoms with Crippen LogP contribution in [-0.4, -0.2) is 59.7 Å². The molecule has 0 aliphatic carbocycles. The lowest BCUT2D eigenvalue weighted by Crippen LogP contribution is -2.30.